The lowest BCUT2D eigenvalue weighted by Crippen LogP contribution is -2.46. The number of anilines is 2. The number of hydrogen-bond acceptors (Lipinski definition) is 6. The van der Waals surface area contributed by atoms with Crippen LogP contribution in [0.3, 0.4) is 0 Å². The molecule has 12 heteroatoms. The number of likely N-dealkylation sites (tertiary alicyclic amines) is 1. The zero-order valence-corrected chi connectivity index (χ0v) is 24.1. The zero-order chi connectivity index (χ0) is 30.6. The van der Waals surface area contributed by atoms with Crippen LogP contribution in [0.25, 0.3) is 10.9 Å². The highest BCUT2D eigenvalue weighted by Gasteiger charge is 2.31. The second kappa shape index (κ2) is 13.1. The molecule has 2 saturated heterocycles. The number of amides is 1. The Morgan fingerprint density at radius 3 is 2.63 bits per heavy atom. The van der Waals surface area contributed by atoms with Crippen molar-refractivity contribution in [3.05, 3.63) is 53.7 Å². The molecule has 1 amide bonds. The molecule has 2 aliphatic heterocycles. The molecular formula is C31H35F4N5O3. The molecule has 43 heavy (non-hydrogen) atoms. The lowest BCUT2D eigenvalue weighted by atomic mass is 10.0. The van der Waals surface area contributed by atoms with Gasteiger partial charge in [-0.15, -0.1) is 0 Å². The van der Waals surface area contributed by atoms with Gasteiger partial charge in [0.05, 0.1) is 49.8 Å². The highest BCUT2D eigenvalue weighted by atomic mass is 19.4. The van der Waals surface area contributed by atoms with E-state index in [1.165, 1.54) is 7.11 Å². The summed E-state index contributed by atoms with van der Waals surface area (Å²) in [7, 11) is 3.35. The first-order chi connectivity index (χ1) is 20.6. The van der Waals surface area contributed by atoms with Gasteiger partial charge in [0.1, 0.15) is 18.5 Å². The van der Waals surface area contributed by atoms with Crippen LogP contribution in [-0.4, -0.2) is 98.8 Å². The Bertz CT molecular complexity index is 1510. The molecule has 0 aliphatic carbocycles. The van der Waals surface area contributed by atoms with Crippen molar-refractivity contribution in [2.45, 2.75) is 31.4 Å². The lowest BCUT2D eigenvalue weighted by Gasteiger charge is -2.33. The summed E-state index contributed by atoms with van der Waals surface area (Å²) in [4.78, 5) is 16.5. The molecule has 2 N–H and O–H groups in total. The number of rotatable bonds is 7. The molecule has 230 valence electrons. The third-order valence-corrected chi connectivity index (χ3v) is 7.70. The number of aromatic nitrogens is 1. The van der Waals surface area contributed by atoms with Gasteiger partial charge in [-0.3, -0.25) is 4.79 Å². The van der Waals surface area contributed by atoms with Gasteiger partial charge in [0.2, 0.25) is 0 Å². The van der Waals surface area contributed by atoms with E-state index in [1.807, 2.05) is 11.9 Å². The van der Waals surface area contributed by atoms with E-state index in [2.05, 4.69) is 22.5 Å². The van der Waals surface area contributed by atoms with Gasteiger partial charge in [0, 0.05) is 42.8 Å². The number of ether oxygens (including phenoxy) is 2. The number of morpholine rings is 1. The van der Waals surface area contributed by atoms with Crippen molar-refractivity contribution in [2.75, 3.05) is 70.7 Å². The summed E-state index contributed by atoms with van der Waals surface area (Å²) in [5.41, 5.74) is 2.22. The fourth-order valence-corrected chi connectivity index (χ4v) is 5.48. The van der Waals surface area contributed by atoms with E-state index in [4.69, 9.17) is 9.47 Å². The van der Waals surface area contributed by atoms with Crippen molar-refractivity contribution in [1.82, 2.24) is 14.4 Å². The maximum absolute atomic E-state index is 14.7. The van der Waals surface area contributed by atoms with Crippen LogP contribution in [0.2, 0.25) is 0 Å². The van der Waals surface area contributed by atoms with Crippen LogP contribution in [0.1, 0.15) is 22.5 Å². The molecule has 0 bridgehead atoms. The van der Waals surface area contributed by atoms with Gasteiger partial charge in [-0.25, -0.2) is 4.39 Å². The number of nitrogens with one attached hydrogen (secondary N) is 2. The van der Waals surface area contributed by atoms with E-state index in [0.717, 1.165) is 11.1 Å². The van der Waals surface area contributed by atoms with Crippen LogP contribution >= 0.6 is 0 Å². The van der Waals surface area contributed by atoms with Gasteiger partial charge in [0.25, 0.3) is 5.91 Å². The largest absolute Gasteiger partial charge is 0.495 e. The number of carbonyl (C=O) groups is 1. The van der Waals surface area contributed by atoms with Crippen LogP contribution < -0.4 is 15.4 Å². The Hall–Kier alpha value is -3.95. The van der Waals surface area contributed by atoms with Gasteiger partial charge in [-0.05, 0) is 55.8 Å². The minimum Gasteiger partial charge on any atom is -0.495 e. The molecule has 0 saturated carbocycles. The number of methoxy groups -OCH3 is 1. The highest BCUT2D eigenvalue weighted by Crippen LogP contribution is 2.32. The Kier molecular flexibility index (Phi) is 9.32. The van der Waals surface area contributed by atoms with Gasteiger partial charge in [-0.1, -0.05) is 12.0 Å². The van der Waals surface area contributed by atoms with Crippen molar-refractivity contribution in [1.29, 1.82) is 0 Å². The Labute approximate surface area is 247 Å². The monoisotopic (exact) mass is 601 g/mol. The summed E-state index contributed by atoms with van der Waals surface area (Å²) in [5.74, 6) is 6.12. The number of piperidine rings is 1. The molecule has 1 aromatic heterocycles. The number of halogens is 4. The highest BCUT2D eigenvalue weighted by molar-refractivity contribution is 5.95. The molecule has 8 nitrogen and oxygen atoms in total. The van der Waals surface area contributed by atoms with E-state index in [9.17, 15) is 22.4 Å². The lowest BCUT2D eigenvalue weighted by molar-refractivity contribution is -0.140. The molecule has 0 unspecified atom stereocenters. The van der Waals surface area contributed by atoms with Crippen LogP contribution in [0.15, 0.2) is 42.5 Å². The molecule has 0 spiro atoms. The van der Waals surface area contributed by atoms with E-state index in [1.54, 1.807) is 47.4 Å². The molecular weight excluding hydrogens is 566 g/mol. The normalized spacial score (nSPS) is 19.5. The molecule has 2 aliphatic rings. The Morgan fingerprint density at radius 1 is 1.12 bits per heavy atom. The van der Waals surface area contributed by atoms with Crippen molar-refractivity contribution < 1.29 is 31.8 Å². The maximum Gasteiger partial charge on any atom is 0.406 e. The maximum atomic E-state index is 14.7. The van der Waals surface area contributed by atoms with E-state index in [0.29, 0.717) is 72.9 Å². The Morgan fingerprint density at radius 2 is 1.91 bits per heavy atom. The summed E-state index contributed by atoms with van der Waals surface area (Å²) in [5, 5.41) is 6.90. The van der Waals surface area contributed by atoms with Crippen LogP contribution in [-0.2, 0) is 11.3 Å². The molecule has 2 fully saturated rings. The average molecular weight is 602 g/mol. The van der Waals surface area contributed by atoms with Crippen molar-refractivity contribution in [3.63, 3.8) is 0 Å². The summed E-state index contributed by atoms with van der Waals surface area (Å²) in [6, 6.07) is 11.3. The standard InChI is InChI=1S/C31H35F4N5O3/c1-38-12-10-26(24(32)19-38)37-25-6-3-7-28-23(25)18-22(40(28)20-31(33,34)35)5-4-11-36-27-9-8-21(17-29(27)42-2)30(41)39-13-15-43-16-14-39/h3,6-9,17-18,24,26,36-37H,10-16,19-20H2,1-2H3/t24-,26+/m0/s1. The van der Waals surface area contributed by atoms with Crippen molar-refractivity contribution >= 4 is 28.2 Å². The fourth-order valence-electron chi connectivity index (χ4n) is 5.48. The second-order valence-electron chi connectivity index (χ2n) is 10.8. The first kappa shape index (κ1) is 30.5. The number of benzene rings is 2. The minimum atomic E-state index is -4.46. The summed E-state index contributed by atoms with van der Waals surface area (Å²) in [6.45, 7) is 1.97. The number of nitrogens with zero attached hydrogens (tertiary/aromatic N) is 3. The third-order valence-electron chi connectivity index (χ3n) is 7.70. The van der Waals surface area contributed by atoms with Crippen LogP contribution in [0.5, 0.6) is 5.75 Å². The smallest absolute Gasteiger partial charge is 0.406 e. The summed E-state index contributed by atoms with van der Waals surface area (Å²) >= 11 is 0. The predicted molar refractivity (Wildman–Crippen MR) is 157 cm³/mol. The van der Waals surface area contributed by atoms with Gasteiger partial charge in [0.15, 0.2) is 0 Å². The average Bonchev–Trinajstić information content (AvgIpc) is 3.33. The molecule has 2 atom stereocenters. The van der Waals surface area contributed by atoms with Crippen LogP contribution in [0, 0.1) is 11.8 Å². The zero-order valence-electron chi connectivity index (χ0n) is 24.1. The van der Waals surface area contributed by atoms with E-state index >= 15 is 0 Å². The fraction of sp³-hybridized carbons (Fsp3) is 0.452. The van der Waals surface area contributed by atoms with Gasteiger partial charge < -0.3 is 34.5 Å². The minimum absolute atomic E-state index is 0.114. The number of alkyl halides is 4. The van der Waals surface area contributed by atoms with E-state index in [-0.39, 0.29) is 18.1 Å². The summed E-state index contributed by atoms with van der Waals surface area (Å²) < 4.78 is 67.4. The molecule has 3 aromatic rings. The quantitative estimate of drug-likeness (QED) is 0.305. The predicted octanol–water partition coefficient (Wildman–Crippen LogP) is 4.60. The third kappa shape index (κ3) is 7.35. The molecule has 5 rings (SSSR count). The Balaban J connectivity index is 1.35. The molecule has 3 heterocycles. The molecule has 2 aromatic carbocycles. The second-order valence-corrected chi connectivity index (χ2v) is 10.8. The van der Waals surface area contributed by atoms with E-state index < -0.39 is 24.9 Å². The summed E-state index contributed by atoms with van der Waals surface area (Å²) in [6.07, 6.45) is -4.97. The van der Waals surface area contributed by atoms with Crippen molar-refractivity contribution in [2.24, 2.45) is 0 Å². The number of hydrogen-bond donors (Lipinski definition) is 2. The first-order valence-electron chi connectivity index (χ1n) is 14.2. The van der Waals surface area contributed by atoms with Gasteiger partial charge in [-0.2, -0.15) is 13.2 Å². The van der Waals surface area contributed by atoms with Crippen LogP contribution in [0.4, 0.5) is 28.9 Å². The SMILES string of the molecule is COc1cc(C(=O)N2CCOCC2)ccc1NCC#Cc1cc2c(N[C@@H]3CCN(C)C[C@@H]3F)cccc2n1CC(F)(F)F. The molecule has 0 radical (unpaired) electrons. The number of fused-ring (bicyclic) bond motifs is 1. The van der Waals surface area contributed by atoms with Crippen molar-refractivity contribution in [3.8, 4) is 17.6 Å². The van der Waals surface area contributed by atoms with Gasteiger partial charge >= 0.3 is 6.18 Å². The number of carbonyl (C=O) groups excluding carboxylic acids is 1. The topological polar surface area (TPSA) is 71.0 Å². The first-order valence-corrected chi connectivity index (χ1v) is 14.2.